The maximum Gasteiger partial charge on any atom is 0.278 e. The molecule has 0 atom stereocenters. The Kier molecular flexibility index (Phi) is 8.39. The number of hydrogen-bond acceptors (Lipinski definition) is 7. The van der Waals surface area contributed by atoms with Crippen LogP contribution in [0.2, 0.25) is 0 Å². The van der Waals surface area contributed by atoms with Crippen molar-refractivity contribution in [3.05, 3.63) is 47.7 Å². The van der Waals surface area contributed by atoms with E-state index in [0.717, 1.165) is 3.57 Å². The van der Waals surface area contributed by atoms with Gasteiger partial charge in [0.25, 0.3) is 5.91 Å². The van der Waals surface area contributed by atoms with E-state index in [4.69, 9.17) is 9.47 Å². The van der Waals surface area contributed by atoms with Crippen molar-refractivity contribution in [3.63, 3.8) is 0 Å². The number of aromatic hydroxyl groups is 1. The molecular weight excluding hydrogens is 590 g/mol. The molecule has 1 amide bonds. The van der Waals surface area contributed by atoms with Crippen LogP contribution in [0.4, 0.5) is 0 Å². The Labute approximate surface area is 189 Å². The average Bonchev–Trinajstić information content (AvgIpc) is 2.64. The molecule has 8 nitrogen and oxygen atoms in total. The van der Waals surface area contributed by atoms with Crippen molar-refractivity contribution in [3.8, 4) is 17.7 Å². The summed E-state index contributed by atoms with van der Waals surface area (Å²) in [6, 6.07) is 7.31. The third-order valence-electron chi connectivity index (χ3n) is 3.40. The Morgan fingerprint density at radius 3 is 2.86 bits per heavy atom. The molecule has 2 N–H and O–H groups in total. The Bertz CT molecular complexity index is 958. The molecule has 0 spiro atoms. The lowest BCUT2D eigenvalue weighted by molar-refractivity contribution is -0.123. The monoisotopic (exact) mass is 606 g/mol. The summed E-state index contributed by atoms with van der Waals surface area (Å²) in [7, 11) is 1.52. The minimum absolute atomic E-state index is 0.0680. The van der Waals surface area contributed by atoms with Gasteiger partial charge in [-0.2, -0.15) is 10.4 Å². The molecule has 0 saturated carbocycles. The van der Waals surface area contributed by atoms with E-state index in [9.17, 15) is 15.2 Å². The number of amides is 1. The van der Waals surface area contributed by atoms with Gasteiger partial charge in [-0.1, -0.05) is 0 Å². The standard InChI is InChI=1S/C18H16I2N4O4/c1-10-3-12(8-27-2)14(6-21)18(23-10)28-9-16(25)24-22-7-11-4-13(19)5-15(20)17(11)26/h3-5,7,26H,8-9H2,1-2H3,(H,24,25). The highest BCUT2D eigenvalue weighted by atomic mass is 127. The van der Waals surface area contributed by atoms with E-state index in [0.29, 0.717) is 20.4 Å². The molecule has 2 aromatic rings. The fourth-order valence-electron chi connectivity index (χ4n) is 2.23. The number of carbonyl (C=O) groups excluding carboxylic acids is 1. The highest BCUT2D eigenvalue weighted by Crippen LogP contribution is 2.25. The van der Waals surface area contributed by atoms with Crippen molar-refractivity contribution in [2.45, 2.75) is 13.5 Å². The van der Waals surface area contributed by atoms with Crippen molar-refractivity contribution in [1.82, 2.24) is 10.4 Å². The van der Waals surface area contributed by atoms with Crippen molar-refractivity contribution >= 4 is 57.3 Å². The molecule has 2 rings (SSSR count). The molecule has 0 fully saturated rings. The van der Waals surface area contributed by atoms with Crippen LogP contribution in [-0.2, 0) is 16.1 Å². The van der Waals surface area contributed by atoms with Gasteiger partial charge in [0.1, 0.15) is 17.4 Å². The van der Waals surface area contributed by atoms with E-state index in [1.807, 2.05) is 34.7 Å². The summed E-state index contributed by atoms with van der Waals surface area (Å²) in [5, 5.41) is 23.2. The lowest BCUT2D eigenvalue weighted by Gasteiger charge is -2.10. The fourth-order valence-corrected chi connectivity index (χ4v) is 4.12. The van der Waals surface area contributed by atoms with E-state index in [2.05, 4.69) is 38.1 Å². The Balaban J connectivity index is 2.03. The number of pyridine rings is 1. The lowest BCUT2D eigenvalue weighted by atomic mass is 10.1. The Morgan fingerprint density at radius 2 is 2.18 bits per heavy atom. The number of carbonyl (C=O) groups is 1. The van der Waals surface area contributed by atoms with Crippen LogP contribution in [-0.4, -0.2) is 35.9 Å². The van der Waals surface area contributed by atoms with Crippen molar-refractivity contribution < 1.29 is 19.4 Å². The maximum absolute atomic E-state index is 12.0. The van der Waals surface area contributed by atoms with Gasteiger partial charge in [-0.05, 0) is 70.3 Å². The van der Waals surface area contributed by atoms with E-state index >= 15 is 0 Å². The number of halogens is 2. The minimum Gasteiger partial charge on any atom is -0.506 e. The van der Waals surface area contributed by atoms with E-state index < -0.39 is 5.91 Å². The molecule has 146 valence electrons. The molecule has 0 aliphatic heterocycles. The second-order valence-electron chi connectivity index (χ2n) is 5.56. The molecule has 28 heavy (non-hydrogen) atoms. The number of hydrazone groups is 1. The van der Waals surface area contributed by atoms with Crippen LogP contribution in [0, 0.1) is 25.4 Å². The average molecular weight is 606 g/mol. The van der Waals surface area contributed by atoms with Crippen molar-refractivity contribution in [2.24, 2.45) is 5.10 Å². The second-order valence-corrected chi connectivity index (χ2v) is 7.96. The number of phenolic OH excluding ortho intramolecular Hbond substituents is 1. The fraction of sp³-hybridized carbons (Fsp3) is 0.222. The van der Waals surface area contributed by atoms with Gasteiger partial charge in [-0.15, -0.1) is 0 Å². The first-order valence-electron chi connectivity index (χ1n) is 7.88. The highest BCUT2D eigenvalue weighted by molar-refractivity contribution is 14.1. The number of benzene rings is 1. The first kappa shape index (κ1) is 22.3. The zero-order valence-corrected chi connectivity index (χ0v) is 19.3. The highest BCUT2D eigenvalue weighted by Gasteiger charge is 2.14. The van der Waals surface area contributed by atoms with Gasteiger partial charge < -0.3 is 14.6 Å². The topological polar surface area (TPSA) is 117 Å². The van der Waals surface area contributed by atoms with Gasteiger partial charge in [-0.25, -0.2) is 10.4 Å². The first-order chi connectivity index (χ1) is 13.3. The summed E-state index contributed by atoms with van der Waals surface area (Å²) >= 11 is 4.14. The number of phenols is 1. The summed E-state index contributed by atoms with van der Waals surface area (Å²) in [5.74, 6) is -0.376. The molecule has 0 saturated heterocycles. The molecule has 10 heteroatoms. The second kappa shape index (κ2) is 10.5. The van der Waals surface area contributed by atoms with E-state index in [1.54, 1.807) is 19.1 Å². The van der Waals surface area contributed by atoms with Crippen molar-refractivity contribution in [2.75, 3.05) is 13.7 Å². The quantitative estimate of drug-likeness (QED) is 0.285. The van der Waals surface area contributed by atoms with Gasteiger partial charge in [-0.3, -0.25) is 4.79 Å². The zero-order valence-electron chi connectivity index (χ0n) is 15.0. The molecule has 0 aliphatic carbocycles. The Hall–Kier alpha value is -1.98. The number of methoxy groups -OCH3 is 1. The van der Waals surface area contributed by atoms with Crippen LogP contribution in [0.1, 0.15) is 22.4 Å². The summed E-state index contributed by atoms with van der Waals surface area (Å²) in [6.07, 6.45) is 1.35. The Morgan fingerprint density at radius 1 is 1.43 bits per heavy atom. The number of hydrogen-bond donors (Lipinski definition) is 2. The molecule has 0 aliphatic rings. The minimum atomic E-state index is -0.531. The smallest absolute Gasteiger partial charge is 0.278 e. The predicted molar refractivity (Wildman–Crippen MR) is 119 cm³/mol. The van der Waals surface area contributed by atoms with Gasteiger partial charge in [0.2, 0.25) is 5.88 Å². The summed E-state index contributed by atoms with van der Waals surface area (Å²) in [6.45, 7) is 1.62. The zero-order chi connectivity index (χ0) is 20.7. The predicted octanol–water partition coefficient (Wildman–Crippen LogP) is 2.85. The van der Waals surface area contributed by atoms with Gasteiger partial charge in [0.15, 0.2) is 6.61 Å². The number of rotatable bonds is 7. The first-order valence-corrected chi connectivity index (χ1v) is 10.0. The third-order valence-corrected chi connectivity index (χ3v) is 4.84. The largest absolute Gasteiger partial charge is 0.506 e. The SMILES string of the molecule is COCc1cc(C)nc(OCC(=O)NN=Cc2cc(I)cc(I)c2O)c1C#N. The van der Waals surface area contributed by atoms with E-state index in [1.165, 1.54) is 13.3 Å². The van der Waals surface area contributed by atoms with Crippen LogP contribution in [0.3, 0.4) is 0 Å². The molecule has 0 unspecified atom stereocenters. The summed E-state index contributed by atoms with van der Waals surface area (Å²) in [5.41, 5.74) is 4.29. The molecule has 1 aromatic carbocycles. The van der Waals surface area contributed by atoms with E-state index in [-0.39, 0.29) is 30.4 Å². The normalized spacial score (nSPS) is 10.7. The van der Waals surface area contributed by atoms with Gasteiger partial charge in [0, 0.05) is 27.5 Å². The van der Waals surface area contributed by atoms with Gasteiger partial charge >= 0.3 is 0 Å². The molecule has 1 heterocycles. The third kappa shape index (κ3) is 6.01. The molecule has 0 radical (unpaired) electrons. The number of aromatic nitrogens is 1. The molecule has 1 aromatic heterocycles. The number of nitrogens with zero attached hydrogens (tertiary/aromatic N) is 3. The van der Waals surface area contributed by atoms with Crippen LogP contribution in [0.15, 0.2) is 23.3 Å². The van der Waals surface area contributed by atoms with Crippen LogP contribution < -0.4 is 10.2 Å². The van der Waals surface area contributed by atoms with Crippen molar-refractivity contribution in [1.29, 1.82) is 5.26 Å². The van der Waals surface area contributed by atoms with Crippen LogP contribution in [0.5, 0.6) is 11.6 Å². The number of nitrogens with one attached hydrogen (secondary N) is 1. The van der Waals surface area contributed by atoms with Crippen LogP contribution in [0.25, 0.3) is 0 Å². The number of ether oxygens (including phenoxy) is 2. The van der Waals surface area contributed by atoms with Gasteiger partial charge in [0.05, 0.1) is 16.4 Å². The molecular formula is C18H16I2N4O4. The number of nitriles is 1. The summed E-state index contributed by atoms with van der Waals surface area (Å²) in [4.78, 5) is 16.1. The molecule has 0 bridgehead atoms. The maximum atomic E-state index is 12.0. The summed E-state index contributed by atoms with van der Waals surface area (Å²) < 4.78 is 12.1. The van der Waals surface area contributed by atoms with Crippen LogP contribution >= 0.6 is 45.2 Å². The number of aryl methyl sites for hydroxylation is 1. The lowest BCUT2D eigenvalue weighted by Crippen LogP contribution is -2.25.